The molecule has 0 aliphatic carbocycles. The minimum atomic E-state index is -0.791. The smallest absolute Gasteiger partial charge is 0.309 e. The van der Waals surface area contributed by atoms with E-state index in [1.54, 1.807) is 11.9 Å². The van der Waals surface area contributed by atoms with Gasteiger partial charge in [0.25, 0.3) is 0 Å². The van der Waals surface area contributed by atoms with Crippen molar-refractivity contribution < 1.29 is 19.5 Å². The summed E-state index contributed by atoms with van der Waals surface area (Å²) in [5.41, 5.74) is 4.05. The first-order chi connectivity index (χ1) is 15.5. The lowest BCUT2D eigenvalue weighted by Gasteiger charge is -2.22. The summed E-state index contributed by atoms with van der Waals surface area (Å²) in [5.74, 6) is -1.76. The second kappa shape index (κ2) is 11.4. The van der Waals surface area contributed by atoms with E-state index in [9.17, 15) is 14.4 Å². The van der Waals surface area contributed by atoms with E-state index >= 15 is 0 Å². The Morgan fingerprint density at radius 1 is 1.03 bits per heavy atom. The number of aliphatic hydroxyl groups excluding tert-OH is 1. The third-order valence-corrected chi connectivity index (χ3v) is 5.77. The summed E-state index contributed by atoms with van der Waals surface area (Å²) in [6, 6.07) is 15.0. The zero-order valence-corrected chi connectivity index (χ0v) is 18.5. The van der Waals surface area contributed by atoms with Gasteiger partial charge in [-0.1, -0.05) is 42.5 Å². The van der Waals surface area contributed by atoms with Crippen LogP contribution in [0.3, 0.4) is 0 Å². The van der Waals surface area contributed by atoms with Crippen molar-refractivity contribution in [3.63, 3.8) is 0 Å². The molecule has 2 aromatic carbocycles. The lowest BCUT2D eigenvalue weighted by atomic mass is 10.0. The van der Waals surface area contributed by atoms with E-state index in [1.807, 2.05) is 48.5 Å². The lowest BCUT2D eigenvalue weighted by Crippen LogP contribution is -2.51. The summed E-state index contributed by atoms with van der Waals surface area (Å²) < 4.78 is 0. The average Bonchev–Trinajstić information content (AvgIpc) is 2.92. The lowest BCUT2D eigenvalue weighted by molar-refractivity contribution is -0.140. The summed E-state index contributed by atoms with van der Waals surface area (Å²) in [7, 11) is 1.70. The van der Waals surface area contributed by atoms with Crippen LogP contribution in [-0.2, 0) is 33.6 Å². The number of anilines is 1. The maximum Gasteiger partial charge on any atom is 0.309 e. The molecule has 1 heterocycles. The number of nitrogens with zero attached hydrogens (tertiary/aromatic N) is 1. The van der Waals surface area contributed by atoms with Crippen molar-refractivity contribution in [1.82, 2.24) is 10.6 Å². The molecule has 1 atom stereocenters. The summed E-state index contributed by atoms with van der Waals surface area (Å²) in [6.45, 7) is 0.518. The van der Waals surface area contributed by atoms with Gasteiger partial charge in [-0.2, -0.15) is 0 Å². The molecule has 1 aliphatic rings. The van der Waals surface area contributed by atoms with Gasteiger partial charge in [0.05, 0.1) is 0 Å². The number of fused-ring (bicyclic) bond motifs is 1. The first-order valence-electron chi connectivity index (χ1n) is 11.1. The van der Waals surface area contributed by atoms with Crippen LogP contribution >= 0.6 is 0 Å². The molecule has 0 aromatic heterocycles. The number of aryl methyl sites for hydroxylation is 2. The third-order valence-electron chi connectivity index (χ3n) is 5.77. The molecule has 2 aromatic rings. The van der Waals surface area contributed by atoms with Gasteiger partial charge >= 0.3 is 11.8 Å². The molecule has 0 saturated carbocycles. The van der Waals surface area contributed by atoms with Crippen molar-refractivity contribution in [2.45, 2.75) is 44.6 Å². The van der Waals surface area contributed by atoms with Crippen molar-refractivity contribution in [2.24, 2.45) is 0 Å². The molecule has 7 heteroatoms. The Balaban J connectivity index is 1.56. The number of unbranched alkanes of at least 4 members (excludes halogenated alkanes) is 1. The first kappa shape index (κ1) is 23.5. The van der Waals surface area contributed by atoms with Gasteiger partial charge in [0, 0.05) is 25.9 Å². The number of carbonyl (C=O) groups is 3. The molecule has 0 bridgehead atoms. The molecule has 0 radical (unpaired) electrons. The molecular weight excluding hydrogens is 406 g/mol. The van der Waals surface area contributed by atoms with Crippen LogP contribution in [0.5, 0.6) is 0 Å². The zero-order chi connectivity index (χ0) is 22.9. The van der Waals surface area contributed by atoms with E-state index in [-0.39, 0.29) is 12.5 Å². The number of amides is 3. The number of aliphatic hydroxyl groups is 1. The predicted octanol–water partition coefficient (Wildman–Crippen LogP) is 1.75. The normalized spacial score (nSPS) is 15.6. The standard InChI is InChI=1S/C25H31N3O4/c1-28-22-17-19(9-5-6-16-29)10-11-20(22)12-13-21(25(28)32)27-24(31)23(30)26-15-14-18-7-3-2-4-8-18/h2-4,7-8,10-11,17,21,29H,5-6,9,12-16H2,1H3,(H,26,30)(H,27,31). The molecule has 1 aliphatic heterocycles. The number of hydrogen-bond donors (Lipinski definition) is 3. The van der Waals surface area contributed by atoms with Crippen molar-refractivity contribution >= 4 is 23.4 Å². The molecule has 0 fully saturated rings. The highest BCUT2D eigenvalue weighted by Gasteiger charge is 2.30. The van der Waals surface area contributed by atoms with E-state index in [2.05, 4.69) is 10.6 Å². The Bertz CT molecular complexity index is 945. The van der Waals surface area contributed by atoms with Gasteiger partial charge in [-0.3, -0.25) is 14.4 Å². The maximum absolute atomic E-state index is 13.0. The fraction of sp³-hybridized carbons (Fsp3) is 0.400. The second-order valence-electron chi connectivity index (χ2n) is 8.10. The van der Waals surface area contributed by atoms with Crippen LogP contribution in [0, 0.1) is 0 Å². The molecule has 0 saturated heterocycles. The Kier molecular flexibility index (Phi) is 8.39. The number of likely N-dealkylation sites (N-methyl/N-ethyl adjacent to an activating group) is 1. The van der Waals surface area contributed by atoms with Crippen LogP contribution in [0.15, 0.2) is 48.5 Å². The number of hydrogen-bond acceptors (Lipinski definition) is 4. The quantitative estimate of drug-likeness (QED) is 0.433. The zero-order valence-electron chi connectivity index (χ0n) is 18.5. The monoisotopic (exact) mass is 437 g/mol. The van der Waals surface area contributed by atoms with Crippen LogP contribution < -0.4 is 15.5 Å². The molecule has 0 spiro atoms. The molecule has 1 unspecified atom stereocenters. The van der Waals surface area contributed by atoms with Gasteiger partial charge < -0.3 is 20.6 Å². The SMILES string of the molecule is CN1C(=O)C(NC(=O)C(=O)NCCc2ccccc2)CCc2ccc(CCCCO)cc21. The van der Waals surface area contributed by atoms with Crippen LogP contribution in [0.4, 0.5) is 5.69 Å². The largest absolute Gasteiger partial charge is 0.396 e. The molecule has 3 N–H and O–H groups in total. The maximum atomic E-state index is 13.0. The fourth-order valence-electron chi connectivity index (χ4n) is 3.91. The Morgan fingerprint density at radius 3 is 2.56 bits per heavy atom. The van der Waals surface area contributed by atoms with Gasteiger partial charge in [0.15, 0.2) is 0 Å². The number of carbonyl (C=O) groups excluding carboxylic acids is 3. The molecule has 7 nitrogen and oxygen atoms in total. The summed E-state index contributed by atoms with van der Waals surface area (Å²) in [6.07, 6.45) is 4.14. The topological polar surface area (TPSA) is 98.7 Å². The predicted molar refractivity (Wildman–Crippen MR) is 123 cm³/mol. The van der Waals surface area contributed by atoms with Gasteiger partial charge in [0.2, 0.25) is 5.91 Å². The first-order valence-corrected chi connectivity index (χ1v) is 11.1. The number of benzene rings is 2. The van der Waals surface area contributed by atoms with Crippen LogP contribution in [0.1, 0.15) is 36.0 Å². The molecule has 3 amide bonds. The van der Waals surface area contributed by atoms with E-state index in [1.165, 1.54) is 0 Å². The second-order valence-corrected chi connectivity index (χ2v) is 8.10. The van der Waals surface area contributed by atoms with Crippen LogP contribution in [0.25, 0.3) is 0 Å². The number of rotatable bonds is 8. The van der Waals surface area contributed by atoms with Crippen LogP contribution in [-0.4, -0.2) is 49.1 Å². The van der Waals surface area contributed by atoms with Gasteiger partial charge in [0.1, 0.15) is 6.04 Å². The van der Waals surface area contributed by atoms with Crippen molar-refractivity contribution in [2.75, 3.05) is 25.1 Å². The highest BCUT2D eigenvalue weighted by atomic mass is 16.3. The van der Waals surface area contributed by atoms with Crippen molar-refractivity contribution in [1.29, 1.82) is 0 Å². The fourth-order valence-corrected chi connectivity index (χ4v) is 3.91. The summed E-state index contributed by atoms with van der Waals surface area (Å²) >= 11 is 0. The Labute approximate surface area is 188 Å². The summed E-state index contributed by atoms with van der Waals surface area (Å²) in [4.78, 5) is 39.1. The molecule has 32 heavy (non-hydrogen) atoms. The van der Waals surface area contributed by atoms with Crippen molar-refractivity contribution in [3.05, 3.63) is 65.2 Å². The molecule has 3 rings (SSSR count). The average molecular weight is 438 g/mol. The number of nitrogens with one attached hydrogen (secondary N) is 2. The Morgan fingerprint density at radius 2 is 1.81 bits per heavy atom. The molecular formula is C25H31N3O4. The van der Waals surface area contributed by atoms with Gasteiger partial charge in [-0.05, 0) is 61.3 Å². The van der Waals surface area contributed by atoms with E-state index in [0.717, 1.165) is 41.6 Å². The van der Waals surface area contributed by atoms with Crippen LogP contribution in [0.2, 0.25) is 0 Å². The van der Waals surface area contributed by atoms with Gasteiger partial charge in [-0.25, -0.2) is 0 Å². The minimum Gasteiger partial charge on any atom is -0.396 e. The summed E-state index contributed by atoms with van der Waals surface area (Å²) in [5, 5.41) is 14.2. The third kappa shape index (κ3) is 6.17. The van der Waals surface area contributed by atoms with E-state index in [4.69, 9.17) is 5.11 Å². The van der Waals surface area contributed by atoms with Gasteiger partial charge in [-0.15, -0.1) is 0 Å². The van der Waals surface area contributed by atoms with E-state index < -0.39 is 17.9 Å². The highest BCUT2D eigenvalue weighted by Crippen LogP contribution is 2.28. The Hall–Kier alpha value is -3.19. The van der Waals surface area contributed by atoms with Crippen molar-refractivity contribution in [3.8, 4) is 0 Å². The molecule has 170 valence electrons. The minimum absolute atomic E-state index is 0.171. The van der Waals surface area contributed by atoms with E-state index in [0.29, 0.717) is 25.8 Å². The highest BCUT2D eigenvalue weighted by molar-refractivity contribution is 6.35.